The second-order valence-corrected chi connectivity index (χ2v) is 4.67. The molecule has 0 aromatic heterocycles. The number of amides is 1. The van der Waals surface area contributed by atoms with E-state index in [1.807, 2.05) is 0 Å². The van der Waals surface area contributed by atoms with Gasteiger partial charge in [-0.25, -0.2) is 4.39 Å². The molecule has 0 radical (unpaired) electrons. The molecule has 2 aromatic carbocycles. The molecule has 0 bridgehead atoms. The first kappa shape index (κ1) is 12.3. The summed E-state index contributed by atoms with van der Waals surface area (Å²) in [5.74, 6) is -1.17. The Hall–Kier alpha value is -2.69. The largest absolute Gasteiger partial charge is 0.399 e. The molecule has 3 N–H and O–H groups in total. The van der Waals surface area contributed by atoms with Crippen LogP contribution in [0.25, 0.3) is 0 Å². The Morgan fingerprint density at radius 2 is 2.00 bits per heavy atom. The van der Waals surface area contributed by atoms with Gasteiger partial charge in [0, 0.05) is 16.9 Å². The second-order valence-electron chi connectivity index (χ2n) is 4.67. The molecule has 0 saturated heterocycles. The standard InChI is InChI=1S/C15H11FN2O2/c16-12-3-2-10(17)7-11(12)15(20)8-1-4-13-9(5-8)6-14(19)18-13/h1-5,7H,6,17H2,(H,18,19). The molecule has 0 atom stereocenters. The molecule has 0 spiro atoms. The minimum Gasteiger partial charge on any atom is -0.399 e. The van der Waals surface area contributed by atoms with Gasteiger partial charge in [-0.1, -0.05) is 0 Å². The molecule has 5 heteroatoms. The summed E-state index contributed by atoms with van der Waals surface area (Å²) in [7, 11) is 0. The number of hydrogen-bond acceptors (Lipinski definition) is 3. The van der Waals surface area contributed by atoms with Crippen LogP contribution in [0.2, 0.25) is 0 Å². The summed E-state index contributed by atoms with van der Waals surface area (Å²) in [5.41, 5.74) is 7.61. The number of halogens is 1. The third-order valence-corrected chi connectivity index (χ3v) is 3.23. The van der Waals surface area contributed by atoms with Crippen LogP contribution in [0.1, 0.15) is 21.5 Å². The van der Waals surface area contributed by atoms with Crippen molar-refractivity contribution in [2.24, 2.45) is 0 Å². The van der Waals surface area contributed by atoms with Crippen molar-refractivity contribution in [1.29, 1.82) is 0 Å². The number of nitrogens with one attached hydrogen (secondary N) is 1. The molecular formula is C15H11FN2O2. The summed E-state index contributed by atoms with van der Waals surface area (Å²) in [6.07, 6.45) is 0.232. The highest BCUT2D eigenvalue weighted by molar-refractivity contribution is 6.10. The summed E-state index contributed by atoms with van der Waals surface area (Å²) >= 11 is 0. The molecule has 100 valence electrons. The monoisotopic (exact) mass is 270 g/mol. The fourth-order valence-electron chi connectivity index (χ4n) is 2.24. The van der Waals surface area contributed by atoms with Gasteiger partial charge in [0.05, 0.1) is 12.0 Å². The summed E-state index contributed by atoms with van der Waals surface area (Å²) in [5, 5.41) is 2.68. The Morgan fingerprint density at radius 1 is 1.20 bits per heavy atom. The molecule has 1 aliphatic rings. The molecule has 1 amide bonds. The van der Waals surface area contributed by atoms with E-state index in [1.54, 1.807) is 18.2 Å². The fourth-order valence-corrected chi connectivity index (χ4v) is 2.24. The molecular weight excluding hydrogens is 259 g/mol. The van der Waals surface area contributed by atoms with E-state index < -0.39 is 11.6 Å². The van der Waals surface area contributed by atoms with Gasteiger partial charge in [0.1, 0.15) is 5.82 Å². The average Bonchev–Trinajstić information content (AvgIpc) is 2.79. The van der Waals surface area contributed by atoms with Crippen molar-refractivity contribution < 1.29 is 14.0 Å². The van der Waals surface area contributed by atoms with Gasteiger partial charge in [-0.15, -0.1) is 0 Å². The van der Waals surface area contributed by atoms with E-state index in [0.717, 1.165) is 5.56 Å². The van der Waals surface area contributed by atoms with Crippen LogP contribution in [0.5, 0.6) is 0 Å². The lowest BCUT2D eigenvalue weighted by Crippen LogP contribution is -2.05. The predicted octanol–water partition coefficient (Wildman–Crippen LogP) is 2.13. The number of rotatable bonds is 2. The van der Waals surface area contributed by atoms with Crippen molar-refractivity contribution in [3.8, 4) is 0 Å². The first-order valence-corrected chi connectivity index (χ1v) is 6.07. The van der Waals surface area contributed by atoms with Crippen molar-refractivity contribution in [3.05, 3.63) is 58.9 Å². The molecule has 1 aliphatic heterocycles. The molecule has 2 aromatic rings. The number of carbonyl (C=O) groups excluding carboxylic acids is 2. The van der Waals surface area contributed by atoms with Crippen LogP contribution < -0.4 is 11.1 Å². The van der Waals surface area contributed by atoms with Crippen molar-refractivity contribution in [2.45, 2.75) is 6.42 Å². The van der Waals surface area contributed by atoms with Gasteiger partial charge in [-0.3, -0.25) is 9.59 Å². The predicted molar refractivity (Wildman–Crippen MR) is 73.0 cm³/mol. The molecule has 0 fully saturated rings. The van der Waals surface area contributed by atoms with Crippen LogP contribution in [-0.4, -0.2) is 11.7 Å². The normalized spacial score (nSPS) is 12.9. The van der Waals surface area contributed by atoms with E-state index in [0.29, 0.717) is 16.9 Å². The highest BCUT2D eigenvalue weighted by atomic mass is 19.1. The number of nitrogens with two attached hydrogens (primary N) is 1. The van der Waals surface area contributed by atoms with Crippen LogP contribution in [0.15, 0.2) is 36.4 Å². The number of hydrogen-bond donors (Lipinski definition) is 2. The maximum absolute atomic E-state index is 13.7. The number of nitrogen functional groups attached to an aromatic ring is 1. The quantitative estimate of drug-likeness (QED) is 0.648. The number of carbonyl (C=O) groups is 2. The van der Waals surface area contributed by atoms with Gasteiger partial charge in [-0.2, -0.15) is 0 Å². The Labute approximate surface area is 114 Å². The smallest absolute Gasteiger partial charge is 0.228 e. The van der Waals surface area contributed by atoms with Crippen LogP contribution in [0, 0.1) is 5.82 Å². The lowest BCUT2D eigenvalue weighted by molar-refractivity contribution is -0.115. The molecule has 4 nitrogen and oxygen atoms in total. The number of benzene rings is 2. The third kappa shape index (κ3) is 2.03. The van der Waals surface area contributed by atoms with Crippen molar-refractivity contribution in [3.63, 3.8) is 0 Å². The van der Waals surface area contributed by atoms with Crippen LogP contribution >= 0.6 is 0 Å². The van der Waals surface area contributed by atoms with Crippen LogP contribution in [-0.2, 0) is 11.2 Å². The minimum atomic E-state index is -0.612. The highest BCUT2D eigenvalue weighted by Gasteiger charge is 2.21. The summed E-state index contributed by atoms with van der Waals surface area (Å²) in [6, 6.07) is 8.71. The Kier molecular flexibility index (Phi) is 2.75. The third-order valence-electron chi connectivity index (χ3n) is 3.23. The van der Waals surface area contributed by atoms with Gasteiger partial charge < -0.3 is 11.1 Å². The van der Waals surface area contributed by atoms with Gasteiger partial charge in [0.25, 0.3) is 0 Å². The average molecular weight is 270 g/mol. The highest BCUT2D eigenvalue weighted by Crippen LogP contribution is 2.25. The van der Waals surface area contributed by atoms with Gasteiger partial charge in [-0.05, 0) is 42.0 Å². The maximum atomic E-state index is 13.7. The Morgan fingerprint density at radius 3 is 2.80 bits per heavy atom. The molecule has 3 rings (SSSR count). The van der Waals surface area contributed by atoms with Gasteiger partial charge in [0.2, 0.25) is 5.91 Å². The zero-order valence-electron chi connectivity index (χ0n) is 10.4. The molecule has 1 heterocycles. The summed E-state index contributed by atoms with van der Waals surface area (Å²) < 4.78 is 13.7. The number of ketones is 1. The van der Waals surface area contributed by atoms with Crippen molar-refractivity contribution in [1.82, 2.24) is 0 Å². The zero-order valence-corrected chi connectivity index (χ0v) is 10.4. The number of anilines is 2. The zero-order chi connectivity index (χ0) is 14.3. The van der Waals surface area contributed by atoms with E-state index in [2.05, 4.69) is 5.32 Å². The van der Waals surface area contributed by atoms with Crippen LogP contribution in [0.4, 0.5) is 15.8 Å². The molecule has 0 saturated carbocycles. The van der Waals surface area contributed by atoms with E-state index in [4.69, 9.17) is 5.73 Å². The van der Waals surface area contributed by atoms with Crippen LogP contribution in [0.3, 0.4) is 0 Å². The van der Waals surface area contributed by atoms with Gasteiger partial charge >= 0.3 is 0 Å². The lowest BCUT2D eigenvalue weighted by atomic mass is 9.99. The maximum Gasteiger partial charge on any atom is 0.228 e. The van der Waals surface area contributed by atoms with E-state index in [1.165, 1.54) is 18.2 Å². The van der Waals surface area contributed by atoms with Gasteiger partial charge in [0.15, 0.2) is 5.78 Å². The first-order valence-electron chi connectivity index (χ1n) is 6.07. The summed E-state index contributed by atoms with van der Waals surface area (Å²) in [6.45, 7) is 0. The van der Waals surface area contributed by atoms with E-state index >= 15 is 0 Å². The molecule has 20 heavy (non-hydrogen) atoms. The molecule has 0 unspecified atom stereocenters. The van der Waals surface area contributed by atoms with E-state index in [9.17, 15) is 14.0 Å². The van der Waals surface area contributed by atoms with Crippen molar-refractivity contribution >= 4 is 23.1 Å². The lowest BCUT2D eigenvalue weighted by Gasteiger charge is -2.06. The summed E-state index contributed by atoms with van der Waals surface area (Å²) in [4.78, 5) is 23.6. The number of fused-ring (bicyclic) bond motifs is 1. The first-order chi connectivity index (χ1) is 9.54. The molecule has 0 aliphatic carbocycles. The SMILES string of the molecule is Nc1ccc(F)c(C(=O)c2ccc3c(c2)CC(=O)N3)c1. The van der Waals surface area contributed by atoms with E-state index in [-0.39, 0.29) is 17.9 Å². The second kappa shape index (κ2) is 4.45. The van der Waals surface area contributed by atoms with Crippen molar-refractivity contribution in [2.75, 3.05) is 11.1 Å². The Bertz CT molecular complexity index is 741. The minimum absolute atomic E-state index is 0.0674. The Balaban J connectivity index is 2.01. The topological polar surface area (TPSA) is 72.2 Å². The fraction of sp³-hybridized carbons (Fsp3) is 0.0667.